The highest BCUT2D eigenvalue weighted by atomic mass is 32.1. The standard InChI is InChI=1S/C15H28N2O2S/c1-4-18-10-8-17(9-11-19-5-2)13-15-7-6-14(20-15)12-16-3/h6-7,16H,4-5,8-13H2,1-3H3. The van der Waals surface area contributed by atoms with Crippen LogP contribution in [0.5, 0.6) is 0 Å². The van der Waals surface area contributed by atoms with Crippen molar-refractivity contribution in [2.24, 2.45) is 0 Å². The van der Waals surface area contributed by atoms with Crippen LogP contribution in [-0.2, 0) is 22.6 Å². The maximum atomic E-state index is 5.46. The van der Waals surface area contributed by atoms with Gasteiger partial charge in [-0.2, -0.15) is 0 Å². The molecule has 1 N–H and O–H groups in total. The van der Waals surface area contributed by atoms with Gasteiger partial charge in [0, 0.05) is 49.1 Å². The van der Waals surface area contributed by atoms with Gasteiger partial charge in [-0.05, 0) is 33.0 Å². The predicted molar refractivity (Wildman–Crippen MR) is 85.3 cm³/mol. The first-order valence-electron chi connectivity index (χ1n) is 7.40. The second-order valence-electron chi connectivity index (χ2n) is 4.57. The van der Waals surface area contributed by atoms with Crippen molar-refractivity contribution in [3.05, 3.63) is 21.9 Å². The summed E-state index contributed by atoms with van der Waals surface area (Å²) in [5.41, 5.74) is 0. The Labute approximate surface area is 127 Å². The molecule has 0 unspecified atom stereocenters. The second-order valence-corrected chi connectivity index (χ2v) is 5.82. The van der Waals surface area contributed by atoms with Crippen LogP contribution in [0.1, 0.15) is 23.6 Å². The zero-order valence-corrected chi connectivity index (χ0v) is 13.8. The van der Waals surface area contributed by atoms with E-state index in [4.69, 9.17) is 9.47 Å². The molecule has 116 valence electrons. The van der Waals surface area contributed by atoms with Crippen LogP contribution in [0.4, 0.5) is 0 Å². The van der Waals surface area contributed by atoms with E-state index in [1.54, 1.807) is 0 Å². The lowest BCUT2D eigenvalue weighted by Crippen LogP contribution is -2.30. The van der Waals surface area contributed by atoms with Crippen LogP contribution in [0.25, 0.3) is 0 Å². The van der Waals surface area contributed by atoms with Gasteiger partial charge in [-0.3, -0.25) is 4.90 Å². The van der Waals surface area contributed by atoms with Gasteiger partial charge in [0.25, 0.3) is 0 Å². The van der Waals surface area contributed by atoms with E-state index >= 15 is 0 Å². The Hall–Kier alpha value is -0.460. The number of hydrogen-bond acceptors (Lipinski definition) is 5. The van der Waals surface area contributed by atoms with Gasteiger partial charge in [-0.25, -0.2) is 0 Å². The van der Waals surface area contributed by atoms with E-state index < -0.39 is 0 Å². The van der Waals surface area contributed by atoms with Gasteiger partial charge < -0.3 is 14.8 Å². The third-order valence-electron chi connectivity index (χ3n) is 2.96. The summed E-state index contributed by atoms with van der Waals surface area (Å²) in [5.74, 6) is 0. The van der Waals surface area contributed by atoms with Crippen molar-refractivity contribution in [1.29, 1.82) is 0 Å². The molecule has 4 nitrogen and oxygen atoms in total. The summed E-state index contributed by atoms with van der Waals surface area (Å²) >= 11 is 1.88. The third kappa shape index (κ3) is 7.36. The first-order chi connectivity index (χ1) is 9.80. The Kier molecular flexibility index (Phi) is 9.87. The fraction of sp³-hybridized carbons (Fsp3) is 0.733. The molecule has 0 fully saturated rings. The average Bonchev–Trinajstić information content (AvgIpc) is 2.87. The Balaban J connectivity index is 2.43. The molecule has 0 aliphatic heterocycles. The molecule has 0 aromatic carbocycles. The quantitative estimate of drug-likeness (QED) is 0.601. The molecule has 0 saturated carbocycles. The maximum Gasteiger partial charge on any atom is 0.0593 e. The molecular weight excluding hydrogens is 272 g/mol. The molecule has 0 saturated heterocycles. The van der Waals surface area contributed by atoms with Crippen molar-refractivity contribution in [3.63, 3.8) is 0 Å². The van der Waals surface area contributed by atoms with Crippen molar-refractivity contribution in [2.45, 2.75) is 26.9 Å². The summed E-state index contributed by atoms with van der Waals surface area (Å²) in [4.78, 5) is 5.20. The summed E-state index contributed by atoms with van der Waals surface area (Å²) in [7, 11) is 1.98. The van der Waals surface area contributed by atoms with Gasteiger partial charge in [0.15, 0.2) is 0 Å². The van der Waals surface area contributed by atoms with Crippen molar-refractivity contribution in [3.8, 4) is 0 Å². The highest BCUT2D eigenvalue weighted by molar-refractivity contribution is 7.11. The lowest BCUT2D eigenvalue weighted by Gasteiger charge is -2.21. The largest absolute Gasteiger partial charge is 0.380 e. The number of hydrogen-bond donors (Lipinski definition) is 1. The van der Waals surface area contributed by atoms with E-state index in [1.165, 1.54) is 9.75 Å². The molecule has 0 aliphatic carbocycles. The number of ether oxygens (including phenoxy) is 2. The highest BCUT2D eigenvalue weighted by Gasteiger charge is 2.08. The second kappa shape index (κ2) is 11.2. The number of rotatable bonds is 12. The van der Waals surface area contributed by atoms with Crippen LogP contribution in [0.2, 0.25) is 0 Å². The summed E-state index contributed by atoms with van der Waals surface area (Å²) in [5, 5.41) is 3.19. The molecule has 0 spiro atoms. The molecule has 0 bridgehead atoms. The van der Waals surface area contributed by atoms with Crippen LogP contribution in [0, 0.1) is 0 Å². The van der Waals surface area contributed by atoms with E-state index in [1.807, 2.05) is 32.2 Å². The van der Waals surface area contributed by atoms with Gasteiger partial charge in [-0.15, -0.1) is 11.3 Å². The van der Waals surface area contributed by atoms with Gasteiger partial charge in [0.1, 0.15) is 0 Å². The zero-order valence-electron chi connectivity index (χ0n) is 13.0. The first-order valence-corrected chi connectivity index (χ1v) is 8.21. The molecule has 1 rings (SSSR count). The third-order valence-corrected chi connectivity index (χ3v) is 4.03. The average molecular weight is 300 g/mol. The Bertz CT molecular complexity index is 334. The van der Waals surface area contributed by atoms with Crippen LogP contribution >= 0.6 is 11.3 Å². The molecule has 0 atom stereocenters. The van der Waals surface area contributed by atoms with Crippen LogP contribution in [0.15, 0.2) is 12.1 Å². The van der Waals surface area contributed by atoms with E-state index in [0.29, 0.717) is 0 Å². The monoisotopic (exact) mass is 300 g/mol. The number of nitrogens with one attached hydrogen (secondary N) is 1. The van der Waals surface area contributed by atoms with Gasteiger partial charge >= 0.3 is 0 Å². The molecule has 1 aromatic heterocycles. The van der Waals surface area contributed by atoms with Crippen molar-refractivity contribution < 1.29 is 9.47 Å². The molecule has 5 heteroatoms. The van der Waals surface area contributed by atoms with Crippen LogP contribution < -0.4 is 5.32 Å². The van der Waals surface area contributed by atoms with E-state index in [0.717, 1.165) is 52.6 Å². The van der Waals surface area contributed by atoms with Crippen molar-refractivity contribution in [2.75, 3.05) is 46.6 Å². The van der Waals surface area contributed by atoms with Crippen molar-refractivity contribution >= 4 is 11.3 Å². The van der Waals surface area contributed by atoms with Gasteiger partial charge in [-0.1, -0.05) is 0 Å². The van der Waals surface area contributed by atoms with E-state index in [9.17, 15) is 0 Å². The Morgan fingerprint density at radius 2 is 1.65 bits per heavy atom. The Morgan fingerprint density at radius 3 is 2.20 bits per heavy atom. The topological polar surface area (TPSA) is 33.7 Å². The lowest BCUT2D eigenvalue weighted by molar-refractivity contribution is 0.0802. The molecule has 0 radical (unpaired) electrons. The fourth-order valence-corrected chi connectivity index (χ4v) is 3.02. The maximum absolute atomic E-state index is 5.46. The summed E-state index contributed by atoms with van der Waals surface area (Å²) in [6.45, 7) is 11.1. The minimum absolute atomic E-state index is 0.782. The molecule has 1 heterocycles. The van der Waals surface area contributed by atoms with Crippen LogP contribution in [-0.4, -0.2) is 51.5 Å². The summed E-state index contributed by atoms with van der Waals surface area (Å²) in [6, 6.07) is 4.44. The first kappa shape index (κ1) is 17.6. The highest BCUT2D eigenvalue weighted by Crippen LogP contribution is 2.18. The minimum Gasteiger partial charge on any atom is -0.380 e. The molecule has 0 amide bonds. The van der Waals surface area contributed by atoms with Crippen molar-refractivity contribution in [1.82, 2.24) is 10.2 Å². The van der Waals surface area contributed by atoms with Gasteiger partial charge in [0.05, 0.1) is 13.2 Å². The predicted octanol–water partition coefficient (Wildman–Crippen LogP) is 2.34. The number of nitrogens with zero attached hydrogens (tertiary/aromatic N) is 1. The lowest BCUT2D eigenvalue weighted by atomic mass is 10.3. The van der Waals surface area contributed by atoms with Crippen LogP contribution in [0.3, 0.4) is 0 Å². The number of thiophene rings is 1. The fourth-order valence-electron chi connectivity index (χ4n) is 1.94. The normalized spacial score (nSPS) is 11.4. The van der Waals surface area contributed by atoms with Gasteiger partial charge in [0.2, 0.25) is 0 Å². The molecule has 0 aliphatic rings. The minimum atomic E-state index is 0.782. The SMILES string of the molecule is CCOCCN(CCOCC)Cc1ccc(CNC)s1. The zero-order chi connectivity index (χ0) is 14.6. The summed E-state index contributed by atoms with van der Waals surface area (Å²) in [6.07, 6.45) is 0. The van der Waals surface area contributed by atoms with E-state index in [2.05, 4.69) is 22.3 Å². The molecule has 20 heavy (non-hydrogen) atoms. The molecular formula is C15H28N2O2S. The summed E-state index contributed by atoms with van der Waals surface area (Å²) < 4.78 is 10.9. The molecule has 1 aromatic rings. The van der Waals surface area contributed by atoms with E-state index in [-0.39, 0.29) is 0 Å². The Morgan fingerprint density at radius 1 is 1.05 bits per heavy atom. The smallest absolute Gasteiger partial charge is 0.0593 e.